The fourth-order valence-corrected chi connectivity index (χ4v) is 2.18. The average Bonchev–Trinajstić information content (AvgIpc) is 2.68. The predicted octanol–water partition coefficient (Wildman–Crippen LogP) is 2.66. The van der Waals surface area contributed by atoms with Gasteiger partial charge in [-0.25, -0.2) is 0 Å². The molecule has 0 aliphatic heterocycles. The summed E-state index contributed by atoms with van der Waals surface area (Å²) in [5, 5.41) is 5.59. The number of benzene rings is 1. The van der Waals surface area contributed by atoms with Crippen molar-refractivity contribution in [2.75, 3.05) is 5.32 Å². The predicted molar refractivity (Wildman–Crippen MR) is 94.0 cm³/mol. The third-order valence-corrected chi connectivity index (χ3v) is 3.50. The molecule has 124 valence electrons. The van der Waals surface area contributed by atoms with Crippen molar-refractivity contribution in [2.45, 2.75) is 6.54 Å². The second kappa shape index (κ2) is 7.83. The Morgan fingerprint density at radius 2 is 1.60 bits per heavy atom. The second-order valence-corrected chi connectivity index (χ2v) is 5.28. The number of anilines is 1. The van der Waals surface area contributed by atoms with Gasteiger partial charge in [0.25, 0.3) is 11.8 Å². The molecule has 0 unspecified atom stereocenters. The molecule has 0 aliphatic rings. The van der Waals surface area contributed by atoms with Crippen molar-refractivity contribution in [1.29, 1.82) is 0 Å². The van der Waals surface area contributed by atoms with Gasteiger partial charge in [0, 0.05) is 36.4 Å². The summed E-state index contributed by atoms with van der Waals surface area (Å²) in [6, 6.07) is 15.7. The first-order valence-electron chi connectivity index (χ1n) is 7.72. The van der Waals surface area contributed by atoms with Crippen molar-refractivity contribution < 1.29 is 9.59 Å². The number of carbonyl (C=O) groups excluding carboxylic acids is 2. The Hall–Kier alpha value is -3.54. The van der Waals surface area contributed by atoms with Crippen LogP contribution in [-0.2, 0) is 6.54 Å². The standard InChI is InChI=1S/C19H16N4O2/c24-18(23-16-8-11-20-12-9-16)15-6-4-14(5-7-15)13-22-19(25)17-3-1-2-10-21-17/h1-12H,13H2,(H,22,25)(H,20,23,24). The molecule has 0 spiro atoms. The Labute approximate surface area is 145 Å². The fraction of sp³-hybridized carbons (Fsp3) is 0.0526. The summed E-state index contributed by atoms with van der Waals surface area (Å²) in [6.45, 7) is 0.363. The molecule has 6 heteroatoms. The molecule has 0 saturated carbocycles. The van der Waals surface area contributed by atoms with Crippen LogP contribution in [0.2, 0.25) is 0 Å². The smallest absolute Gasteiger partial charge is 0.270 e. The molecule has 2 aromatic heterocycles. The van der Waals surface area contributed by atoms with Gasteiger partial charge in [0.05, 0.1) is 0 Å². The van der Waals surface area contributed by atoms with Crippen molar-refractivity contribution in [2.24, 2.45) is 0 Å². The first-order valence-corrected chi connectivity index (χ1v) is 7.72. The number of pyridine rings is 2. The molecule has 1 aromatic carbocycles. The molecule has 0 saturated heterocycles. The van der Waals surface area contributed by atoms with Crippen LogP contribution < -0.4 is 10.6 Å². The van der Waals surface area contributed by atoms with E-state index in [1.165, 1.54) is 0 Å². The summed E-state index contributed by atoms with van der Waals surface area (Å²) < 4.78 is 0. The molecule has 6 nitrogen and oxygen atoms in total. The highest BCUT2D eigenvalue weighted by atomic mass is 16.2. The van der Waals surface area contributed by atoms with Crippen molar-refractivity contribution in [1.82, 2.24) is 15.3 Å². The number of nitrogens with one attached hydrogen (secondary N) is 2. The summed E-state index contributed by atoms with van der Waals surface area (Å²) in [7, 11) is 0. The van der Waals surface area contributed by atoms with Crippen molar-refractivity contribution in [3.05, 3.63) is 90.0 Å². The molecule has 2 N–H and O–H groups in total. The minimum absolute atomic E-state index is 0.199. The normalized spacial score (nSPS) is 10.1. The molecule has 0 bridgehead atoms. The molecule has 0 fully saturated rings. The minimum Gasteiger partial charge on any atom is -0.347 e. The van der Waals surface area contributed by atoms with E-state index in [0.717, 1.165) is 5.56 Å². The molecule has 0 radical (unpaired) electrons. The fourth-order valence-electron chi connectivity index (χ4n) is 2.18. The summed E-state index contributed by atoms with van der Waals surface area (Å²) in [5.41, 5.74) is 2.49. The van der Waals surface area contributed by atoms with Gasteiger partial charge in [-0.2, -0.15) is 0 Å². The van der Waals surface area contributed by atoms with Gasteiger partial charge in [0.15, 0.2) is 0 Å². The lowest BCUT2D eigenvalue weighted by atomic mass is 10.1. The van der Waals surface area contributed by atoms with Gasteiger partial charge in [0.1, 0.15) is 5.69 Å². The topological polar surface area (TPSA) is 84.0 Å². The molecule has 0 atom stereocenters. The molecule has 2 heterocycles. The summed E-state index contributed by atoms with van der Waals surface area (Å²) in [4.78, 5) is 32.0. The van der Waals surface area contributed by atoms with Crippen LogP contribution in [-0.4, -0.2) is 21.8 Å². The van der Waals surface area contributed by atoms with E-state index in [1.54, 1.807) is 73.2 Å². The van der Waals surface area contributed by atoms with E-state index in [2.05, 4.69) is 20.6 Å². The van der Waals surface area contributed by atoms with E-state index >= 15 is 0 Å². The molecule has 25 heavy (non-hydrogen) atoms. The zero-order valence-electron chi connectivity index (χ0n) is 13.3. The van der Waals surface area contributed by atoms with Gasteiger partial charge in [-0.1, -0.05) is 18.2 Å². The molecule has 3 rings (SSSR count). The van der Waals surface area contributed by atoms with E-state index < -0.39 is 0 Å². The second-order valence-electron chi connectivity index (χ2n) is 5.28. The highest BCUT2D eigenvalue weighted by molar-refractivity contribution is 6.04. The number of aromatic nitrogens is 2. The average molecular weight is 332 g/mol. The van der Waals surface area contributed by atoms with Crippen molar-refractivity contribution in [3.8, 4) is 0 Å². The number of rotatable bonds is 5. The molecular weight excluding hydrogens is 316 g/mol. The minimum atomic E-state index is -0.236. The molecular formula is C19H16N4O2. The highest BCUT2D eigenvalue weighted by Gasteiger charge is 2.08. The van der Waals surface area contributed by atoms with E-state index in [4.69, 9.17) is 0 Å². The van der Waals surface area contributed by atoms with E-state index in [9.17, 15) is 9.59 Å². The van der Waals surface area contributed by atoms with Crippen LogP contribution in [0.1, 0.15) is 26.4 Å². The Morgan fingerprint density at radius 1 is 0.840 bits per heavy atom. The van der Waals surface area contributed by atoms with E-state index in [-0.39, 0.29) is 11.8 Å². The van der Waals surface area contributed by atoms with Gasteiger partial charge >= 0.3 is 0 Å². The summed E-state index contributed by atoms with van der Waals surface area (Å²) >= 11 is 0. The summed E-state index contributed by atoms with van der Waals surface area (Å²) in [5.74, 6) is -0.435. The lowest BCUT2D eigenvalue weighted by Crippen LogP contribution is -2.23. The van der Waals surface area contributed by atoms with Crippen molar-refractivity contribution >= 4 is 17.5 Å². The van der Waals surface area contributed by atoms with Crippen LogP contribution >= 0.6 is 0 Å². The number of hydrogen-bond acceptors (Lipinski definition) is 4. The van der Waals surface area contributed by atoms with E-state index in [0.29, 0.717) is 23.5 Å². The number of hydrogen-bond donors (Lipinski definition) is 2. The molecule has 2 amide bonds. The van der Waals surface area contributed by atoms with Gasteiger partial charge in [0.2, 0.25) is 0 Å². The quantitative estimate of drug-likeness (QED) is 0.752. The van der Waals surface area contributed by atoms with Crippen LogP contribution in [0.15, 0.2) is 73.2 Å². The largest absolute Gasteiger partial charge is 0.347 e. The number of carbonyl (C=O) groups is 2. The van der Waals surface area contributed by atoms with Crippen LogP contribution in [0.25, 0.3) is 0 Å². The Balaban J connectivity index is 1.57. The lowest BCUT2D eigenvalue weighted by Gasteiger charge is -2.07. The number of nitrogens with zero attached hydrogens (tertiary/aromatic N) is 2. The van der Waals surface area contributed by atoms with Crippen molar-refractivity contribution in [3.63, 3.8) is 0 Å². The van der Waals surface area contributed by atoms with Gasteiger partial charge in [-0.15, -0.1) is 0 Å². The van der Waals surface area contributed by atoms with Crippen LogP contribution in [0, 0.1) is 0 Å². The first kappa shape index (κ1) is 16.3. The van der Waals surface area contributed by atoms with E-state index in [1.807, 2.05) is 0 Å². The molecule has 0 aliphatic carbocycles. The maximum atomic E-state index is 12.2. The Kier molecular flexibility index (Phi) is 5.11. The van der Waals surface area contributed by atoms with Crippen LogP contribution in [0.4, 0.5) is 5.69 Å². The zero-order valence-corrected chi connectivity index (χ0v) is 13.3. The Morgan fingerprint density at radius 3 is 2.28 bits per heavy atom. The third-order valence-electron chi connectivity index (χ3n) is 3.50. The third kappa shape index (κ3) is 4.48. The zero-order chi connectivity index (χ0) is 17.5. The maximum absolute atomic E-state index is 12.2. The highest BCUT2D eigenvalue weighted by Crippen LogP contribution is 2.09. The maximum Gasteiger partial charge on any atom is 0.270 e. The van der Waals surface area contributed by atoms with Crippen LogP contribution in [0.5, 0.6) is 0 Å². The number of amides is 2. The molecule has 3 aromatic rings. The van der Waals surface area contributed by atoms with Gasteiger partial charge < -0.3 is 10.6 Å². The summed E-state index contributed by atoms with van der Waals surface area (Å²) in [6.07, 6.45) is 4.80. The lowest BCUT2D eigenvalue weighted by molar-refractivity contribution is 0.0945. The first-order chi connectivity index (χ1) is 12.2. The van der Waals surface area contributed by atoms with Gasteiger partial charge in [-0.05, 0) is 42.0 Å². The van der Waals surface area contributed by atoms with Gasteiger partial charge in [-0.3, -0.25) is 19.6 Å². The Bertz CT molecular complexity index is 850. The SMILES string of the molecule is O=C(Nc1ccncc1)c1ccc(CNC(=O)c2ccccn2)cc1. The van der Waals surface area contributed by atoms with Crippen LogP contribution in [0.3, 0.4) is 0 Å². The monoisotopic (exact) mass is 332 g/mol.